The third-order valence-corrected chi connectivity index (χ3v) is 9.99. The quantitative estimate of drug-likeness (QED) is 0.0471. The van der Waals surface area contributed by atoms with Crippen molar-refractivity contribution < 1.29 is 68.0 Å². The number of ether oxygens (including phenoxy) is 1. The van der Waals surface area contributed by atoms with Gasteiger partial charge in [-0.15, -0.1) is 0 Å². The summed E-state index contributed by atoms with van der Waals surface area (Å²) in [6.07, 6.45) is 0.0491. The average molecular weight is 845 g/mol. The van der Waals surface area contributed by atoms with Gasteiger partial charge < -0.3 is 51.1 Å². The standard InChI is InChI=1S/C30H48N4O13.C9H20N2O/c1-20(47-21(2)38)25(42)6-7-26(43)31-30(11-8-22(39)14-32(3)27(44)17-35,12-9-23(40)15-33(4)28(45)18-36)13-10-24(41)16-34(5)29(46)19-37;1-4-9(5-2,6-3)11-8(12)7-10/h20,35-37H,6-19H2,1-5H3,(H,31,43);4-7,10H2,1-3H3,(H,11,12). The maximum Gasteiger partial charge on any atom is 0.303 e. The van der Waals surface area contributed by atoms with Crippen molar-refractivity contribution in [1.29, 1.82) is 0 Å². The topological polar surface area (TPSA) is 300 Å². The largest absolute Gasteiger partial charge is 0.455 e. The van der Waals surface area contributed by atoms with Gasteiger partial charge in [-0.25, -0.2) is 0 Å². The Morgan fingerprint density at radius 3 is 1.20 bits per heavy atom. The van der Waals surface area contributed by atoms with Gasteiger partial charge in [0.15, 0.2) is 29.2 Å². The van der Waals surface area contributed by atoms with E-state index in [9.17, 15) is 47.9 Å². The van der Waals surface area contributed by atoms with Crippen molar-refractivity contribution in [2.45, 2.75) is 122 Å². The van der Waals surface area contributed by atoms with E-state index in [4.69, 9.17) is 25.8 Å². The number of hydrogen-bond acceptors (Lipinski definition) is 15. The molecule has 0 aliphatic carbocycles. The fourth-order valence-electron chi connectivity index (χ4n) is 5.83. The number of hydrogen-bond donors (Lipinski definition) is 6. The normalized spacial score (nSPS) is 11.5. The summed E-state index contributed by atoms with van der Waals surface area (Å²) in [5, 5.41) is 33.0. The molecule has 0 bridgehead atoms. The Hall–Kier alpha value is -4.66. The first-order valence-electron chi connectivity index (χ1n) is 19.7. The third-order valence-electron chi connectivity index (χ3n) is 9.99. The van der Waals surface area contributed by atoms with Gasteiger partial charge in [0, 0.05) is 71.2 Å². The van der Waals surface area contributed by atoms with Gasteiger partial charge in [-0.1, -0.05) is 20.8 Å². The van der Waals surface area contributed by atoms with Crippen molar-refractivity contribution >= 4 is 58.6 Å². The van der Waals surface area contributed by atoms with E-state index in [1.165, 1.54) is 28.1 Å². The van der Waals surface area contributed by atoms with E-state index in [1.54, 1.807) is 0 Å². The zero-order chi connectivity index (χ0) is 45.9. The molecule has 1 atom stereocenters. The van der Waals surface area contributed by atoms with E-state index in [0.29, 0.717) is 0 Å². The predicted molar refractivity (Wildman–Crippen MR) is 214 cm³/mol. The van der Waals surface area contributed by atoms with Crippen LogP contribution in [0.2, 0.25) is 0 Å². The predicted octanol–water partition coefficient (Wildman–Crippen LogP) is -1.43. The van der Waals surface area contributed by atoms with Crippen molar-refractivity contribution in [3.05, 3.63) is 0 Å². The minimum atomic E-state index is -1.40. The number of Topliss-reactive ketones (excluding diaryl/α,β-unsaturated/α-hetero) is 4. The summed E-state index contributed by atoms with van der Waals surface area (Å²) in [5.74, 6) is -5.44. The van der Waals surface area contributed by atoms with Crippen LogP contribution in [-0.4, -0.2) is 173 Å². The molecule has 0 aliphatic heterocycles. The lowest BCUT2D eigenvalue weighted by Crippen LogP contribution is -2.50. The number of nitrogens with one attached hydrogen (secondary N) is 2. The van der Waals surface area contributed by atoms with Gasteiger partial charge in [-0.05, 0) is 45.4 Å². The summed E-state index contributed by atoms with van der Waals surface area (Å²) in [4.78, 5) is 125. The lowest BCUT2D eigenvalue weighted by Gasteiger charge is -2.35. The van der Waals surface area contributed by atoms with Crippen molar-refractivity contribution in [1.82, 2.24) is 25.3 Å². The molecule has 0 fully saturated rings. The van der Waals surface area contributed by atoms with Crippen LogP contribution in [0.1, 0.15) is 105 Å². The highest BCUT2D eigenvalue weighted by Gasteiger charge is 2.34. The molecule has 0 aromatic carbocycles. The molecule has 0 aromatic rings. The van der Waals surface area contributed by atoms with Gasteiger partial charge in [-0.2, -0.15) is 0 Å². The molecule has 7 N–H and O–H groups in total. The highest BCUT2D eigenvalue weighted by molar-refractivity contribution is 5.90. The minimum Gasteiger partial charge on any atom is -0.455 e. The van der Waals surface area contributed by atoms with Gasteiger partial charge in [0.25, 0.3) is 0 Å². The van der Waals surface area contributed by atoms with Crippen LogP contribution >= 0.6 is 0 Å². The maximum atomic E-state index is 13.2. The summed E-state index contributed by atoms with van der Waals surface area (Å²) >= 11 is 0. The molecule has 1 unspecified atom stereocenters. The Morgan fingerprint density at radius 2 is 0.915 bits per heavy atom. The fraction of sp³-hybridized carbons (Fsp3) is 0.744. The lowest BCUT2D eigenvalue weighted by molar-refractivity contribution is -0.152. The Labute approximate surface area is 346 Å². The molecule has 0 aliphatic rings. The fourth-order valence-corrected chi connectivity index (χ4v) is 5.83. The number of amides is 5. The Morgan fingerprint density at radius 1 is 0.576 bits per heavy atom. The van der Waals surface area contributed by atoms with E-state index >= 15 is 0 Å². The van der Waals surface area contributed by atoms with Crippen LogP contribution in [0.25, 0.3) is 0 Å². The monoisotopic (exact) mass is 844 g/mol. The minimum absolute atomic E-state index is 0.0313. The molecule has 0 heterocycles. The van der Waals surface area contributed by atoms with Crippen molar-refractivity contribution in [3.63, 3.8) is 0 Å². The van der Waals surface area contributed by atoms with Gasteiger partial charge in [0.1, 0.15) is 19.8 Å². The highest BCUT2D eigenvalue weighted by atomic mass is 16.5. The molecule has 20 heteroatoms. The van der Waals surface area contributed by atoms with E-state index in [2.05, 4.69) is 31.4 Å². The lowest BCUT2D eigenvalue weighted by atomic mass is 9.81. The summed E-state index contributed by atoms with van der Waals surface area (Å²) < 4.78 is 4.85. The van der Waals surface area contributed by atoms with Gasteiger partial charge in [-0.3, -0.25) is 47.9 Å². The number of carbonyl (C=O) groups excluding carboxylic acids is 10. The highest BCUT2D eigenvalue weighted by Crippen LogP contribution is 2.27. The first-order valence-corrected chi connectivity index (χ1v) is 19.7. The third kappa shape index (κ3) is 23.5. The second-order valence-corrected chi connectivity index (χ2v) is 14.5. The number of aliphatic hydroxyl groups excluding tert-OH is 3. The van der Waals surface area contributed by atoms with Gasteiger partial charge in [0.05, 0.1) is 26.2 Å². The number of esters is 1. The molecule has 0 aromatic heterocycles. The van der Waals surface area contributed by atoms with Crippen molar-refractivity contribution in [3.8, 4) is 0 Å². The van der Waals surface area contributed by atoms with Crippen molar-refractivity contribution in [2.75, 3.05) is 67.1 Å². The number of ketones is 4. The van der Waals surface area contributed by atoms with Gasteiger partial charge in [0.2, 0.25) is 29.5 Å². The number of nitrogens with two attached hydrogens (primary N) is 1. The Bertz CT molecular complexity index is 1330. The first-order chi connectivity index (χ1) is 27.5. The number of carbonyl (C=O) groups is 10. The molecular formula is C39H68N6O14. The Balaban J connectivity index is 0. The van der Waals surface area contributed by atoms with Crippen LogP contribution in [0.15, 0.2) is 0 Å². The van der Waals surface area contributed by atoms with E-state index in [0.717, 1.165) is 40.9 Å². The molecule has 0 saturated heterocycles. The average Bonchev–Trinajstić information content (AvgIpc) is 3.21. The molecule has 0 spiro atoms. The van der Waals surface area contributed by atoms with E-state index in [1.807, 2.05) is 0 Å². The summed E-state index contributed by atoms with van der Waals surface area (Å²) in [6.45, 7) is 5.27. The van der Waals surface area contributed by atoms with Crippen LogP contribution < -0.4 is 16.4 Å². The summed E-state index contributed by atoms with van der Waals surface area (Å²) in [6, 6.07) is 0. The smallest absolute Gasteiger partial charge is 0.303 e. The summed E-state index contributed by atoms with van der Waals surface area (Å²) in [7, 11) is 3.93. The zero-order valence-corrected chi connectivity index (χ0v) is 36.1. The number of aliphatic hydroxyl groups is 3. The number of rotatable bonds is 29. The van der Waals surface area contributed by atoms with Crippen LogP contribution in [-0.2, 0) is 52.7 Å². The second-order valence-electron chi connectivity index (χ2n) is 14.5. The summed E-state index contributed by atoms with van der Waals surface area (Å²) in [5.41, 5.74) is 3.80. The van der Waals surface area contributed by atoms with E-state index in [-0.39, 0.29) is 89.0 Å². The number of likely N-dealkylation sites (N-methyl/N-ethyl adjacent to an activating group) is 3. The van der Waals surface area contributed by atoms with E-state index < -0.39 is 84.2 Å². The zero-order valence-electron chi connectivity index (χ0n) is 36.1. The van der Waals surface area contributed by atoms with Crippen LogP contribution in [0.4, 0.5) is 0 Å². The first kappa shape index (κ1) is 56.4. The number of nitrogens with zero attached hydrogens (tertiary/aromatic N) is 3. The van der Waals surface area contributed by atoms with Crippen molar-refractivity contribution in [2.24, 2.45) is 5.73 Å². The van der Waals surface area contributed by atoms with Crippen LogP contribution in [0.3, 0.4) is 0 Å². The Kier molecular flexibility index (Phi) is 28.3. The molecule has 0 saturated carbocycles. The molecule has 0 radical (unpaired) electrons. The molecule has 20 nitrogen and oxygen atoms in total. The molecule has 5 amide bonds. The van der Waals surface area contributed by atoms with Crippen LogP contribution in [0.5, 0.6) is 0 Å². The molecule has 338 valence electrons. The maximum absolute atomic E-state index is 13.2. The molecule has 0 rings (SSSR count). The SMILES string of the molecule is CC(=O)OC(C)C(=O)CCC(=O)NC(CCC(=O)CN(C)C(=O)CO)(CCC(=O)CN(C)C(=O)CO)CCC(=O)CN(C)C(=O)CO.CCC(CC)(CC)NC(=O)CN. The molecular weight excluding hydrogens is 776 g/mol. The molecule has 59 heavy (non-hydrogen) atoms. The second kappa shape index (κ2) is 29.5. The van der Waals surface area contributed by atoms with Crippen LogP contribution in [0, 0.1) is 0 Å². The van der Waals surface area contributed by atoms with Gasteiger partial charge >= 0.3 is 5.97 Å².